The highest BCUT2D eigenvalue weighted by Crippen LogP contribution is 2.26. The van der Waals surface area contributed by atoms with E-state index in [-0.39, 0.29) is 0 Å². The van der Waals surface area contributed by atoms with Crippen molar-refractivity contribution in [3.63, 3.8) is 0 Å². The van der Waals surface area contributed by atoms with E-state index in [2.05, 4.69) is 35.1 Å². The second-order valence-corrected chi connectivity index (χ2v) is 4.53. The number of aromatic nitrogens is 3. The van der Waals surface area contributed by atoms with Gasteiger partial charge in [0.1, 0.15) is 5.52 Å². The van der Waals surface area contributed by atoms with Crippen molar-refractivity contribution in [1.82, 2.24) is 15.0 Å². The zero-order chi connectivity index (χ0) is 12.1. The Balaban J connectivity index is 2.27. The van der Waals surface area contributed by atoms with Crippen LogP contribution in [0, 0.1) is 6.92 Å². The molecule has 0 aliphatic carbocycles. The Morgan fingerprint density at radius 2 is 1.67 bits per heavy atom. The molecule has 2 aromatic heterocycles. The van der Waals surface area contributed by atoms with Crippen molar-refractivity contribution in [1.29, 1.82) is 0 Å². The number of rotatable bonds is 0. The first kappa shape index (κ1) is 9.59. The molecular weight excluding hydrogens is 222 g/mol. The Kier molecular flexibility index (Phi) is 1.75. The number of aromatic amines is 1. The largest absolute Gasteiger partial charge is 0.338 e. The van der Waals surface area contributed by atoms with Gasteiger partial charge in [-0.2, -0.15) is 0 Å². The molecule has 0 aliphatic rings. The van der Waals surface area contributed by atoms with Gasteiger partial charge in [-0.05, 0) is 24.6 Å². The number of nitrogens with one attached hydrogen (secondary N) is 1. The van der Waals surface area contributed by atoms with E-state index in [1.807, 2.05) is 24.3 Å². The first-order chi connectivity index (χ1) is 8.83. The van der Waals surface area contributed by atoms with Gasteiger partial charge in [0.05, 0.1) is 16.6 Å². The van der Waals surface area contributed by atoms with Crippen LogP contribution in [0.3, 0.4) is 0 Å². The summed E-state index contributed by atoms with van der Waals surface area (Å²) >= 11 is 0. The van der Waals surface area contributed by atoms with Gasteiger partial charge in [-0.3, -0.25) is 0 Å². The number of nitrogens with zero attached hydrogens (tertiary/aromatic N) is 2. The highest BCUT2D eigenvalue weighted by atomic mass is 14.9. The van der Waals surface area contributed by atoms with Gasteiger partial charge in [0.25, 0.3) is 0 Å². The van der Waals surface area contributed by atoms with Crippen LogP contribution in [0.4, 0.5) is 0 Å². The number of H-pyrrole nitrogens is 1. The molecule has 0 bridgehead atoms. The van der Waals surface area contributed by atoms with E-state index < -0.39 is 0 Å². The molecule has 4 rings (SSSR count). The number of hydrogen-bond donors (Lipinski definition) is 1. The molecule has 0 amide bonds. The highest BCUT2D eigenvalue weighted by molar-refractivity contribution is 6.06. The van der Waals surface area contributed by atoms with Gasteiger partial charge in [-0.25, -0.2) is 9.97 Å². The van der Waals surface area contributed by atoms with Gasteiger partial charge in [-0.1, -0.05) is 30.3 Å². The first-order valence-corrected chi connectivity index (χ1v) is 5.97. The molecule has 0 radical (unpaired) electrons. The Bertz CT molecular complexity index is 890. The van der Waals surface area contributed by atoms with Crippen molar-refractivity contribution >= 4 is 33.1 Å². The molecular formula is C15H11N3. The van der Waals surface area contributed by atoms with Crippen LogP contribution in [0.5, 0.6) is 0 Å². The summed E-state index contributed by atoms with van der Waals surface area (Å²) in [4.78, 5) is 12.7. The van der Waals surface area contributed by atoms with Gasteiger partial charge in [0.2, 0.25) is 0 Å². The lowest BCUT2D eigenvalue weighted by atomic mass is 10.1. The number of benzene rings is 2. The summed E-state index contributed by atoms with van der Waals surface area (Å²) in [6.07, 6.45) is 0. The van der Waals surface area contributed by atoms with Crippen LogP contribution in [-0.4, -0.2) is 15.0 Å². The summed E-state index contributed by atoms with van der Waals surface area (Å²) in [6.45, 7) is 2.09. The minimum absolute atomic E-state index is 0.859. The maximum atomic E-state index is 4.71. The Hall–Kier alpha value is -2.42. The molecule has 3 heteroatoms. The smallest absolute Gasteiger partial charge is 0.157 e. The quantitative estimate of drug-likeness (QED) is 0.504. The second kappa shape index (κ2) is 3.29. The van der Waals surface area contributed by atoms with E-state index in [0.29, 0.717) is 0 Å². The zero-order valence-electron chi connectivity index (χ0n) is 9.94. The van der Waals surface area contributed by atoms with Gasteiger partial charge in [0.15, 0.2) is 5.65 Å². The minimum Gasteiger partial charge on any atom is -0.338 e. The number of hydrogen-bond acceptors (Lipinski definition) is 2. The van der Waals surface area contributed by atoms with Crippen molar-refractivity contribution in [3.8, 4) is 0 Å². The van der Waals surface area contributed by atoms with Gasteiger partial charge in [0, 0.05) is 5.39 Å². The maximum absolute atomic E-state index is 4.71. The molecule has 0 spiro atoms. The van der Waals surface area contributed by atoms with Gasteiger partial charge < -0.3 is 4.98 Å². The predicted octanol–water partition coefficient (Wildman–Crippen LogP) is 3.57. The molecule has 86 valence electrons. The van der Waals surface area contributed by atoms with Crippen LogP contribution in [0.15, 0.2) is 42.5 Å². The van der Waals surface area contributed by atoms with E-state index in [9.17, 15) is 0 Å². The first-order valence-electron chi connectivity index (χ1n) is 5.97. The minimum atomic E-state index is 0.859. The van der Waals surface area contributed by atoms with Crippen molar-refractivity contribution in [2.45, 2.75) is 6.92 Å². The third-order valence-corrected chi connectivity index (χ3v) is 3.34. The zero-order valence-corrected chi connectivity index (χ0v) is 9.94. The van der Waals surface area contributed by atoms with Crippen LogP contribution in [-0.2, 0) is 0 Å². The summed E-state index contributed by atoms with van der Waals surface area (Å²) < 4.78 is 0. The van der Waals surface area contributed by atoms with Crippen molar-refractivity contribution < 1.29 is 0 Å². The fourth-order valence-electron chi connectivity index (χ4n) is 2.42. The highest BCUT2D eigenvalue weighted by Gasteiger charge is 2.09. The fraction of sp³-hybridized carbons (Fsp3) is 0.0667. The SMILES string of the molecule is Cc1cccc2c1[nH]c1nc3ccccc3nc12. The molecule has 0 aliphatic heterocycles. The van der Waals surface area contributed by atoms with Crippen LogP contribution in [0.2, 0.25) is 0 Å². The van der Waals surface area contributed by atoms with E-state index in [1.54, 1.807) is 0 Å². The van der Waals surface area contributed by atoms with Gasteiger partial charge >= 0.3 is 0 Å². The summed E-state index contributed by atoms with van der Waals surface area (Å²) in [5.74, 6) is 0. The molecule has 1 N–H and O–H groups in total. The second-order valence-electron chi connectivity index (χ2n) is 4.53. The lowest BCUT2D eigenvalue weighted by Crippen LogP contribution is -1.84. The van der Waals surface area contributed by atoms with Crippen LogP contribution in [0.25, 0.3) is 33.1 Å². The molecule has 0 saturated heterocycles. The molecule has 0 unspecified atom stereocenters. The van der Waals surface area contributed by atoms with Gasteiger partial charge in [-0.15, -0.1) is 0 Å². The monoisotopic (exact) mass is 233 g/mol. The third kappa shape index (κ3) is 1.19. The van der Waals surface area contributed by atoms with Crippen LogP contribution in [0.1, 0.15) is 5.56 Å². The number of para-hydroxylation sites is 3. The van der Waals surface area contributed by atoms with Crippen LogP contribution < -0.4 is 0 Å². The van der Waals surface area contributed by atoms with Crippen molar-refractivity contribution in [2.75, 3.05) is 0 Å². The van der Waals surface area contributed by atoms with E-state index in [4.69, 9.17) is 4.98 Å². The molecule has 2 heterocycles. The molecule has 2 aromatic carbocycles. The number of aryl methyl sites for hydroxylation is 1. The molecule has 0 saturated carbocycles. The average Bonchev–Trinajstić information content (AvgIpc) is 2.76. The lowest BCUT2D eigenvalue weighted by molar-refractivity contribution is 1.35. The summed E-state index contributed by atoms with van der Waals surface area (Å²) in [7, 11) is 0. The van der Waals surface area contributed by atoms with E-state index >= 15 is 0 Å². The molecule has 0 fully saturated rings. The topological polar surface area (TPSA) is 41.6 Å². The van der Waals surface area contributed by atoms with E-state index in [0.717, 1.165) is 33.1 Å². The van der Waals surface area contributed by atoms with E-state index in [1.165, 1.54) is 5.56 Å². The molecule has 3 nitrogen and oxygen atoms in total. The van der Waals surface area contributed by atoms with Crippen molar-refractivity contribution in [3.05, 3.63) is 48.0 Å². The summed E-state index contributed by atoms with van der Waals surface area (Å²) in [5.41, 5.74) is 6.02. The predicted molar refractivity (Wildman–Crippen MR) is 73.6 cm³/mol. The summed E-state index contributed by atoms with van der Waals surface area (Å²) in [6, 6.07) is 14.2. The molecule has 18 heavy (non-hydrogen) atoms. The summed E-state index contributed by atoms with van der Waals surface area (Å²) in [5, 5.41) is 1.14. The maximum Gasteiger partial charge on any atom is 0.157 e. The Morgan fingerprint density at radius 1 is 0.889 bits per heavy atom. The average molecular weight is 233 g/mol. The lowest BCUT2D eigenvalue weighted by Gasteiger charge is -1.96. The normalized spacial score (nSPS) is 11.6. The Labute approximate surface area is 103 Å². The van der Waals surface area contributed by atoms with Crippen LogP contribution >= 0.6 is 0 Å². The fourth-order valence-corrected chi connectivity index (χ4v) is 2.42. The molecule has 4 aromatic rings. The van der Waals surface area contributed by atoms with Crippen molar-refractivity contribution in [2.24, 2.45) is 0 Å². The standard InChI is InChI=1S/C15H11N3/c1-9-5-4-6-10-13(9)18-15-14(10)16-11-7-2-3-8-12(11)17-15/h2-8H,1H3,(H,17,18). The molecule has 0 atom stereocenters. The third-order valence-electron chi connectivity index (χ3n) is 3.34. The number of fused-ring (bicyclic) bond motifs is 4. The Morgan fingerprint density at radius 3 is 2.50 bits per heavy atom.